The molecular formula is C15H20BrFO2. The third kappa shape index (κ3) is 4.26. The van der Waals surface area contributed by atoms with Gasteiger partial charge in [0.2, 0.25) is 0 Å². The van der Waals surface area contributed by atoms with Gasteiger partial charge in [0.05, 0.1) is 11.7 Å². The summed E-state index contributed by atoms with van der Waals surface area (Å²) in [5.41, 5.74) is 0.0530. The summed E-state index contributed by atoms with van der Waals surface area (Å²) in [5.74, 6) is -0.273. The SMILES string of the molecule is CCCC1CC(O)(Cc2cc(F)cc(Br)c2)CCO1. The summed E-state index contributed by atoms with van der Waals surface area (Å²) in [6.07, 6.45) is 3.87. The van der Waals surface area contributed by atoms with E-state index in [1.807, 2.05) is 6.07 Å². The van der Waals surface area contributed by atoms with E-state index in [1.54, 1.807) is 0 Å². The van der Waals surface area contributed by atoms with Gasteiger partial charge in [0.25, 0.3) is 0 Å². The van der Waals surface area contributed by atoms with E-state index in [4.69, 9.17) is 4.74 Å². The Balaban J connectivity index is 2.07. The van der Waals surface area contributed by atoms with Crippen molar-refractivity contribution in [1.82, 2.24) is 0 Å². The molecule has 1 aliphatic rings. The van der Waals surface area contributed by atoms with E-state index in [1.165, 1.54) is 12.1 Å². The molecule has 1 N–H and O–H groups in total. The molecule has 0 saturated carbocycles. The van der Waals surface area contributed by atoms with Gasteiger partial charge in [0.1, 0.15) is 5.82 Å². The molecule has 1 aliphatic heterocycles. The number of ether oxygens (including phenoxy) is 1. The summed E-state index contributed by atoms with van der Waals surface area (Å²) in [7, 11) is 0. The number of halogens is 2. The van der Waals surface area contributed by atoms with Crippen LogP contribution in [0.2, 0.25) is 0 Å². The molecule has 0 aliphatic carbocycles. The first-order valence-electron chi connectivity index (χ1n) is 6.80. The monoisotopic (exact) mass is 330 g/mol. The van der Waals surface area contributed by atoms with Crippen LogP contribution in [0.25, 0.3) is 0 Å². The number of benzene rings is 1. The maximum Gasteiger partial charge on any atom is 0.124 e. The molecule has 4 heteroatoms. The Morgan fingerprint density at radius 2 is 2.26 bits per heavy atom. The second-order valence-electron chi connectivity index (χ2n) is 5.41. The van der Waals surface area contributed by atoms with Crippen LogP contribution >= 0.6 is 15.9 Å². The molecule has 1 saturated heterocycles. The molecule has 0 spiro atoms. The van der Waals surface area contributed by atoms with Gasteiger partial charge in [-0.3, -0.25) is 0 Å². The minimum absolute atomic E-state index is 0.126. The molecule has 106 valence electrons. The lowest BCUT2D eigenvalue weighted by Crippen LogP contribution is -2.42. The highest BCUT2D eigenvalue weighted by Crippen LogP contribution is 2.31. The largest absolute Gasteiger partial charge is 0.389 e. The zero-order chi connectivity index (χ0) is 13.9. The Bertz CT molecular complexity index is 416. The van der Waals surface area contributed by atoms with E-state index in [0.29, 0.717) is 30.3 Å². The van der Waals surface area contributed by atoms with E-state index >= 15 is 0 Å². The van der Waals surface area contributed by atoms with Crippen molar-refractivity contribution >= 4 is 15.9 Å². The van der Waals surface area contributed by atoms with Gasteiger partial charge in [-0.15, -0.1) is 0 Å². The fraction of sp³-hybridized carbons (Fsp3) is 0.600. The van der Waals surface area contributed by atoms with Crippen LogP contribution in [0.5, 0.6) is 0 Å². The van der Waals surface area contributed by atoms with Crippen molar-refractivity contribution in [3.63, 3.8) is 0 Å². The van der Waals surface area contributed by atoms with Crippen LogP contribution < -0.4 is 0 Å². The average molecular weight is 331 g/mol. The van der Waals surface area contributed by atoms with E-state index in [2.05, 4.69) is 22.9 Å². The third-order valence-electron chi connectivity index (χ3n) is 3.59. The topological polar surface area (TPSA) is 29.5 Å². The van der Waals surface area contributed by atoms with Crippen LogP contribution in [0.3, 0.4) is 0 Å². The van der Waals surface area contributed by atoms with Gasteiger partial charge >= 0.3 is 0 Å². The van der Waals surface area contributed by atoms with E-state index in [0.717, 1.165) is 18.4 Å². The molecule has 0 radical (unpaired) electrons. The minimum Gasteiger partial charge on any atom is -0.389 e. The van der Waals surface area contributed by atoms with Crippen molar-refractivity contribution in [1.29, 1.82) is 0 Å². The first-order valence-corrected chi connectivity index (χ1v) is 7.59. The van der Waals surface area contributed by atoms with E-state index < -0.39 is 5.60 Å². The molecule has 0 bridgehead atoms. The highest BCUT2D eigenvalue weighted by Gasteiger charge is 2.34. The van der Waals surface area contributed by atoms with E-state index in [9.17, 15) is 9.50 Å². The van der Waals surface area contributed by atoms with Gasteiger partial charge in [-0.2, -0.15) is 0 Å². The molecule has 19 heavy (non-hydrogen) atoms. The van der Waals surface area contributed by atoms with Gasteiger partial charge in [-0.1, -0.05) is 29.3 Å². The normalized spacial score (nSPS) is 27.5. The summed E-state index contributed by atoms with van der Waals surface area (Å²) in [4.78, 5) is 0. The summed E-state index contributed by atoms with van der Waals surface area (Å²) in [5, 5.41) is 10.7. The van der Waals surface area contributed by atoms with Crippen molar-refractivity contribution in [2.45, 2.75) is 50.7 Å². The van der Waals surface area contributed by atoms with Crippen molar-refractivity contribution in [2.75, 3.05) is 6.61 Å². The van der Waals surface area contributed by atoms with Gasteiger partial charge in [-0.25, -0.2) is 4.39 Å². The molecule has 1 heterocycles. The van der Waals surface area contributed by atoms with Crippen LogP contribution in [0.15, 0.2) is 22.7 Å². The first-order chi connectivity index (χ1) is 9.00. The summed E-state index contributed by atoms with van der Waals surface area (Å²) >= 11 is 3.29. The quantitative estimate of drug-likeness (QED) is 0.908. The lowest BCUT2D eigenvalue weighted by molar-refractivity contribution is -0.105. The standard InChI is InChI=1S/C15H20BrFO2/c1-2-3-14-10-15(18,4-5-19-14)9-11-6-12(16)8-13(17)7-11/h6-8,14,18H,2-5,9-10H2,1H3. The van der Waals surface area contributed by atoms with Crippen molar-refractivity contribution in [3.05, 3.63) is 34.1 Å². The molecular weight excluding hydrogens is 311 g/mol. The van der Waals surface area contributed by atoms with Crippen LogP contribution in [-0.2, 0) is 11.2 Å². The molecule has 0 amide bonds. The molecule has 1 fully saturated rings. The Morgan fingerprint density at radius 3 is 2.95 bits per heavy atom. The molecule has 2 rings (SSSR count). The highest BCUT2D eigenvalue weighted by molar-refractivity contribution is 9.10. The lowest BCUT2D eigenvalue weighted by atomic mass is 9.83. The number of aliphatic hydroxyl groups is 1. The molecule has 2 atom stereocenters. The van der Waals surface area contributed by atoms with Gasteiger partial charge in [0.15, 0.2) is 0 Å². The maximum absolute atomic E-state index is 13.4. The van der Waals surface area contributed by atoms with Gasteiger partial charge in [0, 0.05) is 23.9 Å². The summed E-state index contributed by atoms with van der Waals surface area (Å²) in [6, 6.07) is 4.79. The summed E-state index contributed by atoms with van der Waals surface area (Å²) in [6.45, 7) is 2.69. The first kappa shape index (κ1) is 14.9. The number of hydrogen-bond donors (Lipinski definition) is 1. The van der Waals surface area contributed by atoms with Crippen LogP contribution in [0, 0.1) is 5.82 Å². The third-order valence-corrected chi connectivity index (χ3v) is 4.05. The van der Waals surface area contributed by atoms with Crippen molar-refractivity contribution in [2.24, 2.45) is 0 Å². The van der Waals surface area contributed by atoms with Gasteiger partial charge < -0.3 is 9.84 Å². The predicted octanol–water partition coefficient (Wildman–Crippen LogP) is 3.84. The molecule has 2 unspecified atom stereocenters. The number of hydrogen-bond acceptors (Lipinski definition) is 2. The smallest absolute Gasteiger partial charge is 0.124 e. The predicted molar refractivity (Wildman–Crippen MR) is 76.6 cm³/mol. The van der Waals surface area contributed by atoms with Gasteiger partial charge in [-0.05, 0) is 36.6 Å². The van der Waals surface area contributed by atoms with Crippen molar-refractivity contribution in [3.8, 4) is 0 Å². The van der Waals surface area contributed by atoms with Crippen LogP contribution in [0.4, 0.5) is 4.39 Å². The molecule has 2 nitrogen and oxygen atoms in total. The second-order valence-corrected chi connectivity index (χ2v) is 6.33. The average Bonchev–Trinajstić information content (AvgIpc) is 2.27. The van der Waals surface area contributed by atoms with E-state index in [-0.39, 0.29) is 11.9 Å². The second kappa shape index (κ2) is 6.33. The van der Waals surface area contributed by atoms with Crippen LogP contribution in [-0.4, -0.2) is 23.4 Å². The molecule has 1 aromatic rings. The Kier molecular flexibility index (Phi) is 4.98. The fourth-order valence-corrected chi connectivity index (χ4v) is 3.27. The Morgan fingerprint density at radius 1 is 1.47 bits per heavy atom. The molecule has 0 aromatic heterocycles. The minimum atomic E-state index is -0.772. The number of rotatable bonds is 4. The summed E-state index contributed by atoms with van der Waals surface area (Å²) < 4.78 is 19.7. The fourth-order valence-electron chi connectivity index (χ4n) is 2.76. The molecule has 1 aromatic carbocycles. The lowest BCUT2D eigenvalue weighted by Gasteiger charge is -2.37. The maximum atomic E-state index is 13.4. The zero-order valence-corrected chi connectivity index (χ0v) is 12.7. The van der Waals surface area contributed by atoms with Crippen LogP contribution in [0.1, 0.15) is 38.2 Å². The Hall–Kier alpha value is -0.450. The zero-order valence-electron chi connectivity index (χ0n) is 11.2. The highest BCUT2D eigenvalue weighted by atomic mass is 79.9. The van der Waals surface area contributed by atoms with Crippen molar-refractivity contribution < 1.29 is 14.2 Å². The Labute approximate surface area is 122 Å².